The molecule has 0 bridgehead atoms. The molecule has 1 aliphatic heterocycles. The second-order valence-electron chi connectivity index (χ2n) is 5.66. The van der Waals surface area contributed by atoms with Gasteiger partial charge in [0.25, 0.3) is 5.91 Å². The summed E-state index contributed by atoms with van der Waals surface area (Å²) >= 11 is 0. The number of carbonyl (C=O) groups excluding carboxylic acids is 1. The van der Waals surface area contributed by atoms with E-state index in [1.807, 2.05) is 38.1 Å². The first-order valence-electron chi connectivity index (χ1n) is 7.72. The second-order valence-corrected chi connectivity index (χ2v) is 5.66. The number of aromatic nitrogens is 3. The van der Waals surface area contributed by atoms with Crippen LogP contribution in [-0.2, 0) is 11.2 Å². The Morgan fingerprint density at radius 1 is 1.52 bits per heavy atom. The van der Waals surface area contributed by atoms with Crippen molar-refractivity contribution in [2.24, 2.45) is 0 Å². The molecular formula is C17H20N4O2. The Bertz CT molecular complexity index is 709. The molecule has 0 aromatic carbocycles. The summed E-state index contributed by atoms with van der Waals surface area (Å²) in [5.41, 5.74) is 3.33. The van der Waals surface area contributed by atoms with E-state index in [4.69, 9.17) is 4.74 Å². The van der Waals surface area contributed by atoms with Gasteiger partial charge in [0.1, 0.15) is 0 Å². The molecule has 2 atom stereocenters. The molecule has 0 fully saturated rings. The SMILES string of the molecule is C[C@@H]1Cc2c(C(=O)NC/C=C/c3cccnc3)n[nH]c2[C@H](C)O1. The zero-order valence-electron chi connectivity index (χ0n) is 13.2. The highest BCUT2D eigenvalue weighted by molar-refractivity contribution is 5.94. The third kappa shape index (κ3) is 3.48. The number of pyridine rings is 1. The third-order valence-electron chi connectivity index (χ3n) is 3.82. The van der Waals surface area contributed by atoms with Crippen LogP contribution in [0.2, 0.25) is 0 Å². The zero-order chi connectivity index (χ0) is 16.2. The fraction of sp³-hybridized carbons (Fsp3) is 0.353. The van der Waals surface area contributed by atoms with Crippen LogP contribution in [0.5, 0.6) is 0 Å². The lowest BCUT2D eigenvalue weighted by Crippen LogP contribution is -2.27. The number of hydrogen-bond donors (Lipinski definition) is 2. The summed E-state index contributed by atoms with van der Waals surface area (Å²) in [6.07, 6.45) is 8.04. The van der Waals surface area contributed by atoms with Crippen molar-refractivity contribution < 1.29 is 9.53 Å². The fourth-order valence-corrected chi connectivity index (χ4v) is 2.77. The number of fused-ring (bicyclic) bond motifs is 1. The van der Waals surface area contributed by atoms with E-state index in [1.54, 1.807) is 12.4 Å². The molecule has 6 heteroatoms. The van der Waals surface area contributed by atoms with Crippen LogP contribution in [-0.4, -0.2) is 33.7 Å². The van der Waals surface area contributed by atoms with E-state index in [0.29, 0.717) is 18.7 Å². The Morgan fingerprint density at radius 2 is 2.39 bits per heavy atom. The maximum atomic E-state index is 12.3. The van der Waals surface area contributed by atoms with Gasteiger partial charge in [0.15, 0.2) is 5.69 Å². The predicted octanol–water partition coefficient (Wildman–Crippen LogP) is 2.27. The van der Waals surface area contributed by atoms with Gasteiger partial charge in [0.2, 0.25) is 0 Å². The van der Waals surface area contributed by atoms with Crippen LogP contribution in [0.3, 0.4) is 0 Å². The summed E-state index contributed by atoms with van der Waals surface area (Å²) in [6, 6.07) is 3.83. The van der Waals surface area contributed by atoms with Crippen molar-refractivity contribution in [3.05, 3.63) is 53.1 Å². The van der Waals surface area contributed by atoms with Crippen LogP contribution < -0.4 is 5.32 Å². The summed E-state index contributed by atoms with van der Waals surface area (Å²) in [5.74, 6) is -0.167. The van der Waals surface area contributed by atoms with E-state index >= 15 is 0 Å². The number of aromatic amines is 1. The normalized spacial score (nSPS) is 20.4. The summed E-state index contributed by atoms with van der Waals surface area (Å²) in [5, 5.41) is 9.97. The van der Waals surface area contributed by atoms with Crippen molar-refractivity contribution >= 4 is 12.0 Å². The van der Waals surface area contributed by atoms with Crippen LogP contribution in [0.25, 0.3) is 6.08 Å². The van der Waals surface area contributed by atoms with Crippen molar-refractivity contribution in [1.29, 1.82) is 0 Å². The van der Waals surface area contributed by atoms with Crippen molar-refractivity contribution in [2.45, 2.75) is 32.5 Å². The summed E-state index contributed by atoms with van der Waals surface area (Å²) in [6.45, 7) is 4.41. The highest BCUT2D eigenvalue weighted by atomic mass is 16.5. The number of nitrogens with one attached hydrogen (secondary N) is 2. The molecule has 0 radical (unpaired) electrons. The topological polar surface area (TPSA) is 79.9 Å². The average Bonchev–Trinajstić information content (AvgIpc) is 2.96. The van der Waals surface area contributed by atoms with Crippen LogP contribution >= 0.6 is 0 Å². The molecule has 3 heterocycles. The standard InChI is InChI=1S/C17H20N4O2/c1-11-9-14-15(12(2)23-11)20-21-16(14)17(22)19-8-4-6-13-5-3-7-18-10-13/h3-7,10-12H,8-9H2,1-2H3,(H,19,22)(H,20,21)/b6-4+/t11-,12+/m1/s1. The molecule has 3 rings (SSSR count). The molecular weight excluding hydrogens is 292 g/mol. The van der Waals surface area contributed by atoms with E-state index < -0.39 is 0 Å². The van der Waals surface area contributed by atoms with Gasteiger partial charge in [-0.1, -0.05) is 18.2 Å². The van der Waals surface area contributed by atoms with Crippen molar-refractivity contribution in [2.75, 3.05) is 6.54 Å². The molecule has 0 aliphatic carbocycles. The molecule has 0 unspecified atom stereocenters. The molecule has 1 amide bonds. The minimum atomic E-state index is -0.167. The van der Waals surface area contributed by atoms with Gasteiger partial charge >= 0.3 is 0 Å². The molecule has 2 aromatic heterocycles. The Morgan fingerprint density at radius 3 is 3.17 bits per heavy atom. The van der Waals surface area contributed by atoms with Crippen LogP contribution in [0.4, 0.5) is 0 Å². The Kier molecular flexibility index (Phi) is 4.52. The first kappa shape index (κ1) is 15.4. The smallest absolute Gasteiger partial charge is 0.272 e. The average molecular weight is 312 g/mol. The van der Waals surface area contributed by atoms with Gasteiger partial charge in [-0.05, 0) is 25.5 Å². The van der Waals surface area contributed by atoms with Crippen molar-refractivity contribution in [1.82, 2.24) is 20.5 Å². The van der Waals surface area contributed by atoms with E-state index in [0.717, 1.165) is 16.8 Å². The molecule has 2 aromatic rings. The maximum Gasteiger partial charge on any atom is 0.272 e. The van der Waals surface area contributed by atoms with E-state index in [2.05, 4.69) is 20.5 Å². The van der Waals surface area contributed by atoms with Gasteiger partial charge in [-0.3, -0.25) is 14.9 Å². The number of amides is 1. The third-order valence-corrected chi connectivity index (χ3v) is 3.82. The van der Waals surface area contributed by atoms with E-state index in [-0.39, 0.29) is 18.1 Å². The van der Waals surface area contributed by atoms with Gasteiger partial charge in [0.05, 0.1) is 17.9 Å². The van der Waals surface area contributed by atoms with Crippen molar-refractivity contribution in [3.63, 3.8) is 0 Å². The number of carbonyl (C=O) groups is 1. The Hall–Kier alpha value is -2.47. The van der Waals surface area contributed by atoms with Crippen LogP contribution in [0.15, 0.2) is 30.6 Å². The highest BCUT2D eigenvalue weighted by Gasteiger charge is 2.29. The van der Waals surface area contributed by atoms with Crippen LogP contribution in [0.1, 0.15) is 47.3 Å². The molecule has 0 spiro atoms. The fourth-order valence-electron chi connectivity index (χ4n) is 2.77. The molecule has 0 saturated carbocycles. The minimum absolute atomic E-state index is 0.0618. The summed E-state index contributed by atoms with van der Waals surface area (Å²) in [4.78, 5) is 16.4. The molecule has 0 saturated heterocycles. The van der Waals surface area contributed by atoms with E-state index in [1.165, 1.54) is 0 Å². The number of H-pyrrole nitrogens is 1. The summed E-state index contributed by atoms with van der Waals surface area (Å²) < 4.78 is 5.73. The van der Waals surface area contributed by atoms with Gasteiger partial charge in [0, 0.05) is 30.9 Å². The highest BCUT2D eigenvalue weighted by Crippen LogP contribution is 2.29. The molecule has 1 aliphatic rings. The zero-order valence-corrected chi connectivity index (χ0v) is 13.2. The molecule has 2 N–H and O–H groups in total. The van der Waals surface area contributed by atoms with Crippen molar-refractivity contribution in [3.8, 4) is 0 Å². The molecule has 6 nitrogen and oxygen atoms in total. The lowest BCUT2D eigenvalue weighted by Gasteiger charge is -2.25. The first-order chi connectivity index (χ1) is 11.1. The number of hydrogen-bond acceptors (Lipinski definition) is 4. The van der Waals surface area contributed by atoms with Gasteiger partial charge in [-0.2, -0.15) is 5.10 Å². The first-order valence-corrected chi connectivity index (χ1v) is 7.72. The minimum Gasteiger partial charge on any atom is -0.369 e. The number of ether oxygens (including phenoxy) is 1. The van der Waals surface area contributed by atoms with Crippen LogP contribution in [0, 0.1) is 0 Å². The lowest BCUT2D eigenvalue weighted by molar-refractivity contribution is -0.00697. The number of nitrogens with zero attached hydrogens (tertiary/aromatic N) is 2. The largest absolute Gasteiger partial charge is 0.369 e. The second kappa shape index (κ2) is 6.75. The lowest BCUT2D eigenvalue weighted by atomic mass is 9.99. The predicted molar refractivity (Wildman–Crippen MR) is 86.9 cm³/mol. The van der Waals surface area contributed by atoms with Gasteiger partial charge in [-0.25, -0.2) is 0 Å². The Labute approximate surface area is 135 Å². The van der Waals surface area contributed by atoms with Gasteiger partial charge < -0.3 is 10.1 Å². The number of rotatable bonds is 4. The Balaban J connectivity index is 1.62. The van der Waals surface area contributed by atoms with E-state index in [9.17, 15) is 4.79 Å². The monoisotopic (exact) mass is 312 g/mol. The molecule has 120 valence electrons. The summed E-state index contributed by atoms with van der Waals surface area (Å²) in [7, 11) is 0. The van der Waals surface area contributed by atoms with Gasteiger partial charge in [-0.15, -0.1) is 0 Å². The molecule has 23 heavy (non-hydrogen) atoms. The quantitative estimate of drug-likeness (QED) is 0.907. The maximum absolute atomic E-state index is 12.3.